The lowest BCUT2D eigenvalue weighted by Gasteiger charge is -2.24. The molecule has 0 unspecified atom stereocenters. The van der Waals surface area contributed by atoms with Gasteiger partial charge in [-0.25, -0.2) is 23.7 Å². The van der Waals surface area contributed by atoms with Crippen LogP contribution in [0.3, 0.4) is 0 Å². The zero-order chi connectivity index (χ0) is 22.4. The summed E-state index contributed by atoms with van der Waals surface area (Å²) in [5.41, 5.74) is 2.12. The molecule has 166 valence electrons. The van der Waals surface area contributed by atoms with E-state index < -0.39 is 11.6 Å². The van der Waals surface area contributed by atoms with E-state index in [2.05, 4.69) is 19.7 Å². The highest BCUT2D eigenvalue weighted by atomic mass is 19.2. The molecule has 0 bridgehead atoms. The normalized spacial score (nSPS) is 14.2. The number of carbonyl (C=O) groups is 1. The third-order valence-electron chi connectivity index (χ3n) is 5.61. The number of imidazole rings is 1. The van der Waals surface area contributed by atoms with Gasteiger partial charge in [0.2, 0.25) is 0 Å². The summed E-state index contributed by atoms with van der Waals surface area (Å²) in [4.78, 5) is 24.5. The Labute approximate surface area is 177 Å². The third-order valence-corrected chi connectivity index (χ3v) is 5.61. The summed E-state index contributed by atoms with van der Waals surface area (Å²) in [6.45, 7) is 0.362. The van der Waals surface area contributed by atoms with Crippen molar-refractivity contribution in [3.05, 3.63) is 58.2 Å². The summed E-state index contributed by atoms with van der Waals surface area (Å²) in [6.07, 6.45) is 7.97. The lowest BCUT2D eigenvalue weighted by Crippen LogP contribution is -2.17. The molecule has 1 aromatic carbocycles. The standard InChI is InChI=1S/C20H23F2N5O.CH2O2/c1-26-17(24-25-20(26)28)9-10-27-12-23-18(14-7-8-15(21)16(22)11-14)19(27)13-5-3-2-4-6-13;2-1-3/h7-8,11-13H,2-6,9-10H2,1H3,(H,25,28);1H,(H,2,3). The summed E-state index contributed by atoms with van der Waals surface area (Å²) in [6, 6.07) is 3.94. The van der Waals surface area contributed by atoms with Crippen LogP contribution in [0.2, 0.25) is 0 Å². The van der Waals surface area contributed by atoms with Gasteiger partial charge in [0.15, 0.2) is 11.6 Å². The fraction of sp³-hybridized carbons (Fsp3) is 0.429. The molecule has 0 saturated heterocycles. The van der Waals surface area contributed by atoms with Gasteiger partial charge in [-0.3, -0.25) is 9.36 Å². The Balaban J connectivity index is 0.000000858. The number of aromatic nitrogens is 5. The second-order valence-electron chi connectivity index (χ2n) is 7.50. The van der Waals surface area contributed by atoms with Crippen molar-refractivity contribution in [3.8, 4) is 11.3 Å². The third kappa shape index (κ3) is 5.07. The van der Waals surface area contributed by atoms with Crippen molar-refractivity contribution in [2.24, 2.45) is 7.05 Å². The molecular formula is C21H25F2N5O3. The number of hydrogen-bond acceptors (Lipinski definition) is 4. The zero-order valence-electron chi connectivity index (χ0n) is 17.2. The molecule has 1 saturated carbocycles. The summed E-state index contributed by atoms with van der Waals surface area (Å²) in [5.74, 6) is -0.722. The topological polar surface area (TPSA) is 106 Å². The van der Waals surface area contributed by atoms with E-state index in [0.717, 1.165) is 37.4 Å². The van der Waals surface area contributed by atoms with Gasteiger partial charge in [0.1, 0.15) is 5.82 Å². The Morgan fingerprint density at radius 1 is 1.23 bits per heavy atom. The van der Waals surface area contributed by atoms with Crippen molar-refractivity contribution < 1.29 is 18.7 Å². The average molecular weight is 433 g/mol. The fourth-order valence-corrected chi connectivity index (χ4v) is 4.06. The van der Waals surface area contributed by atoms with Crippen molar-refractivity contribution in [3.63, 3.8) is 0 Å². The van der Waals surface area contributed by atoms with Crippen LogP contribution in [-0.4, -0.2) is 35.9 Å². The van der Waals surface area contributed by atoms with E-state index in [-0.39, 0.29) is 12.2 Å². The van der Waals surface area contributed by atoms with Gasteiger partial charge in [0.05, 0.1) is 12.0 Å². The number of carboxylic acid groups (broad SMARTS) is 1. The van der Waals surface area contributed by atoms with Gasteiger partial charge in [-0.05, 0) is 31.0 Å². The van der Waals surface area contributed by atoms with Crippen molar-refractivity contribution in [2.45, 2.75) is 51.0 Å². The monoisotopic (exact) mass is 433 g/mol. The molecule has 1 aliphatic rings. The summed E-state index contributed by atoms with van der Waals surface area (Å²) >= 11 is 0. The van der Waals surface area contributed by atoms with E-state index in [9.17, 15) is 13.6 Å². The second kappa shape index (κ2) is 10.1. The maximum Gasteiger partial charge on any atom is 0.343 e. The van der Waals surface area contributed by atoms with Gasteiger partial charge in [0, 0.05) is 37.2 Å². The van der Waals surface area contributed by atoms with Gasteiger partial charge in [-0.15, -0.1) is 0 Å². The first kappa shape index (κ1) is 22.4. The van der Waals surface area contributed by atoms with Crippen LogP contribution in [0.1, 0.15) is 49.5 Å². The van der Waals surface area contributed by atoms with Crippen LogP contribution in [0.5, 0.6) is 0 Å². The molecule has 31 heavy (non-hydrogen) atoms. The Bertz CT molecular complexity index is 1080. The molecule has 0 radical (unpaired) electrons. The maximum absolute atomic E-state index is 13.8. The lowest BCUT2D eigenvalue weighted by molar-refractivity contribution is -0.122. The van der Waals surface area contributed by atoms with Crippen molar-refractivity contribution in [1.82, 2.24) is 24.3 Å². The number of nitrogens with one attached hydrogen (secondary N) is 1. The summed E-state index contributed by atoms with van der Waals surface area (Å²) in [7, 11) is 1.68. The van der Waals surface area contributed by atoms with Gasteiger partial charge < -0.3 is 9.67 Å². The van der Waals surface area contributed by atoms with Crippen LogP contribution in [0.4, 0.5) is 8.78 Å². The predicted octanol–water partition coefficient (Wildman–Crippen LogP) is 3.24. The van der Waals surface area contributed by atoms with Gasteiger partial charge >= 0.3 is 5.69 Å². The van der Waals surface area contributed by atoms with E-state index in [0.29, 0.717) is 36.0 Å². The smallest absolute Gasteiger partial charge is 0.343 e. The molecule has 3 aromatic rings. The molecule has 8 nitrogen and oxygen atoms in total. The number of H-pyrrole nitrogens is 1. The van der Waals surface area contributed by atoms with Crippen molar-refractivity contribution in [1.29, 1.82) is 0 Å². The van der Waals surface area contributed by atoms with E-state index in [4.69, 9.17) is 9.90 Å². The largest absolute Gasteiger partial charge is 0.483 e. The number of rotatable bonds is 5. The molecule has 2 aromatic heterocycles. The number of halogens is 2. The first-order chi connectivity index (χ1) is 15.0. The van der Waals surface area contributed by atoms with Gasteiger partial charge in [-0.1, -0.05) is 19.3 Å². The Morgan fingerprint density at radius 3 is 2.55 bits per heavy atom. The number of benzene rings is 1. The van der Waals surface area contributed by atoms with E-state index in [1.165, 1.54) is 17.1 Å². The van der Waals surface area contributed by atoms with Crippen molar-refractivity contribution >= 4 is 6.47 Å². The molecule has 0 spiro atoms. The Kier molecular flexibility index (Phi) is 7.32. The molecule has 10 heteroatoms. The lowest BCUT2D eigenvalue weighted by atomic mass is 9.85. The first-order valence-corrected chi connectivity index (χ1v) is 10.1. The minimum absolute atomic E-state index is 0.240. The Morgan fingerprint density at radius 2 is 1.94 bits per heavy atom. The molecule has 1 aliphatic carbocycles. The van der Waals surface area contributed by atoms with Crippen LogP contribution in [0, 0.1) is 11.6 Å². The zero-order valence-corrected chi connectivity index (χ0v) is 17.2. The predicted molar refractivity (Wildman–Crippen MR) is 110 cm³/mol. The number of hydrogen-bond donors (Lipinski definition) is 2. The van der Waals surface area contributed by atoms with Gasteiger partial charge in [-0.2, -0.15) is 5.10 Å². The van der Waals surface area contributed by atoms with Crippen LogP contribution in [0.25, 0.3) is 11.3 Å². The molecule has 0 atom stereocenters. The van der Waals surface area contributed by atoms with Crippen LogP contribution >= 0.6 is 0 Å². The minimum atomic E-state index is -0.867. The number of aromatic amines is 1. The maximum atomic E-state index is 13.8. The highest BCUT2D eigenvalue weighted by Crippen LogP contribution is 2.38. The minimum Gasteiger partial charge on any atom is -0.483 e. The quantitative estimate of drug-likeness (QED) is 0.601. The Hall–Kier alpha value is -3.30. The highest BCUT2D eigenvalue weighted by molar-refractivity contribution is 5.63. The molecule has 2 heterocycles. The molecule has 2 N–H and O–H groups in total. The van der Waals surface area contributed by atoms with Crippen LogP contribution in [-0.2, 0) is 24.8 Å². The average Bonchev–Trinajstić information content (AvgIpc) is 3.33. The van der Waals surface area contributed by atoms with E-state index in [1.807, 2.05) is 0 Å². The summed E-state index contributed by atoms with van der Waals surface area (Å²) < 4.78 is 30.8. The summed E-state index contributed by atoms with van der Waals surface area (Å²) in [5, 5.41) is 13.4. The molecule has 0 aliphatic heterocycles. The van der Waals surface area contributed by atoms with E-state index in [1.54, 1.807) is 19.4 Å². The van der Waals surface area contributed by atoms with E-state index >= 15 is 0 Å². The van der Waals surface area contributed by atoms with Crippen LogP contribution < -0.4 is 5.69 Å². The SMILES string of the molecule is Cn1c(CCn2cnc(-c3ccc(F)c(F)c3)c2C2CCCCC2)n[nH]c1=O.O=CO. The second-order valence-corrected chi connectivity index (χ2v) is 7.50. The number of nitrogens with zero attached hydrogens (tertiary/aromatic N) is 4. The van der Waals surface area contributed by atoms with Crippen molar-refractivity contribution in [2.75, 3.05) is 0 Å². The fourth-order valence-electron chi connectivity index (χ4n) is 4.06. The van der Waals surface area contributed by atoms with Crippen LogP contribution in [0.15, 0.2) is 29.3 Å². The molecule has 0 amide bonds. The number of aryl methyl sites for hydroxylation is 2. The molecule has 1 fully saturated rings. The highest BCUT2D eigenvalue weighted by Gasteiger charge is 2.24. The molecular weight excluding hydrogens is 408 g/mol. The van der Waals surface area contributed by atoms with Gasteiger partial charge in [0.25, 0.3) is 6.47 Å². The first-order valence-electron chi connectivity index (χ1n) is 10.1. The molecule has 4 rings (SSSR count).